The van der Waals surface area contributed by atoms with Gasteiger partial charge in [0, 0.05) is 23.3 Å². The maximum absolute atomic E-state index is 12.7. The summed E-state index contributed by atoms with van der Waals surface area (Å²) in [5.74, 6) is -1.57. The summed E-state index contributed by atoms with van der Waals surface area (Å²) >= 11 is 3.41. The van der Waals surface area contributed by atoms with Crippen molar-refractivity contribution in [2.75, 3.05) is 6.54 Å². The number of likely N-dealkylation sites (tertiary alicyclic amines) is 1. The molecular weight excluding hydrogens is 374 g/mol. The number of amides is 1. The number of hydrogen-bond acceptors (Lipinski definition) is 3. The molecule has 1 amide bonds. The minimum absolute atomic E-state index is 0.0177. The molecule has 1 N–H and O–H groups in total. The summed E-state index contributed by atoms with van der Waals surface area (Å²) in [5, 5.41) is 13.6. The van der Waals surface area contributed by atoms with Crippen LogP contribution < -0.4 is 0 Å². The fourth-order valence-corrected chi connectivity index (χ4v) is 3.33. The van der Waals surface area contributed by atoms with Crippen molar-refractivity contribution in [2.24, 2.45) is 5.92 Å². The second-order valence-corrected chi connectivity index (χ2v) is 6.96. The van der Waals surface area contributed by atoms with Crippen molar-refractivity contribution >= 4 is 27.8 Å². The molecule has 2 aromatic rings. The van der Waals surface area contributed by atoms with Gasteiger partial charge in [0.1, 0.15) is 0 Å². The van der Waals surface area contributed by atoms with Crippen LogP contribution in [-0.4, -0.2) is 44.3 Å². The van der Waals surface area contributed by atoms with E-state index in [1.165, 1.54) is 0 Å². The van der Waals surface area contributed by atoms with Crippen LogP contribution in [0.2, 0.25) is 0 Å². The highest BCUT2D eigenvalue weighted by Crippen LogP contribution is 2.24. The van der Waals surface area contributed by atoms with E-state index in [1.54, 1.807) is 21.8 Å². The minimum atomic E-state index is -0.848. The van der Waals surface area contributed by atoms with Crippen molar-refractivity contribution in [1.29, 1.82) is 0 Å². The Kier molecular flexibility index (Phi) is 4.71. The Morgan fingerprint density at radius 3 is 2.79 bits per heavy atom. The molecule has 6 nitrogen and oxygen atoms in total. The number of hydrogen-bond donors (Lipinski definition) is 1. The molecule has 24 heavy (non-hydrogen) atoms. The standard InChI is InChI=1S/C17H18BrN3O3/c1-11-5-6-12(17(23)24)10-20(11)16(22)15-7-8-21(19-15)14-4-2-3-13(18)9-14/h2-4,7-9,11-12H,5-6,10H2,1H3,(H,23,24). The van der Waals surface area contributed by atoms with Gasteiger partial charge in [0.15, 0.2) is 5.69 Å². The molecule has 1 aliphatic heterocycles. The summed E-state index contributed by atoms with van der Waals surface area (Å²) in [6.07, 6.45) is 3.03. The zero-order valence-electron chi connectivity index (χ0n) is 13.2. The van der Waals surface area contributed by atoms with Crippen LogP contribution in [0.4, 0.5) is 0 Å². The average molecular weight is 392 g/mol. The number of piperidine rings is 1. The Labute approximate surface area is 148 Å². The topological polar surface area (TPSA) is 75.4 Å². The van der Waals surface area contributed by atoms with Gasteiger partial charge >= 0.3 is 5.97 Å². The van der Waals surface area contributed by atoms with E-state index >= 15 is 0 Å². The Bertz CT molecular complexity index is 774. The second kappa shape index (κ2) is 6.76. The number of aromatic nitrogens is 2. The summed E-state index contributed by atoms with van der Waals surface area (Å²) in [7, 11) is 0. The summed E-state index contributed by atoms with van der Waals surface area (Å²) in [5.41, 5.74) is 1.17. The van der Waals surface area contributed by atoms with Crippen LogP contribution in [0.15, 0.2) is 41.0 Å². The molecule has 0 bridgehead atoms. The zero-order chi connectivity index (χ0) is 17.3. The first-order chi connectivity index (χ1) is 11.5. The number of aliphatic carboxylic acids is 1. The molecule has 126 valence electrons. The number of rotatable bonds is 3. The molecule has 1 aliphatic rings. The minimum Gasteiger partial charge on any atom is -0.481 e. The number of carboxylic acid groups (broad SMARTS) is 1. The Balaban J connectivity index is 1.81. The molecule has 3 rings (SSSR count). The average Bonchev–Trinajstić information content (AvgIpc) is 3.04. The highest BCUT2D eigenvalue weighted by molar-refractivity contribution is 9.10. The predicted molar refractivity (Wildman–Crippen MR) is 92.1 cm³/mol. The Morgan fingerprint density at radius 2 is 2.08 bits per heavy atom. The van der Waals surface area contributed by atoms with Gasteiger partial charge in [-0.2, -0.15) is 5.10 Å². The summed E-state index contributed by atoms with van der Waals surface area (Å²) in [6, 6.07) is 9.30. The SMILES string of the molecule is CC1CCC(C(=O)O)CN1C(=O)c1ccn(-c2cccc(Br)c2)n1. The first-order valence-corrected chi connectivity index (χ1v) is 8.60. The lowest BCUT2D eigenvalue weighted by molar-refractivity contribution is -0.143. The van der Waals surface area contributed by atoms with E-state index in [2.05, 4.69) is 21.0 Å². The third-order valence-corrected chi connectivity index (χ3v) is 4.87. The molecule has 0 saturated carbocycles. The third kappa shape index (κ3) is 3.36. The summed E-state index contributed by atoms with van der Waals surface area (Å²) in [4.78, 5) is 25.6. The molecule has 1 fully saturated rings. The van der Waals surface area contributed by atoms with Crippen LogP contribution >= 0.6 is 15.9 Å². The summed E-state index contributed by atoms with van der Waals surface area (Å²) < 4.78 is 2.57. The molecule has 2 atom stereocenters. The van der Waals surface area contributed by atoms with Crippen molar-refractivity contribution in [3.8, 4) is 5.69 Å². The van der Waals surface area contributed by atoms with Crippen LogP contribution in [0.1, 0.15) is 30.3 Å². The van der Waals surface area contributed by atoms with Crippen molar-refractivity contribution in [2.45, 2.75) is 25.8 Å². The van der Waals surface area contributed by atoms with Crippen molar-refractivity contribution in [1.82, 2.24) is 14.7 Å². The van der Waals surface area contributed by atoms with Gasteiger partial charge in [0.25, 0.3) is 5.91 Å². The van der Waals surface area contributed by atoms with Gasteiger partial charge < -0.3 is 10.0 Å². The molecule has 1 aromatic heterocycles. The van der Waals surface area contributed by atoms with Gasteiger partial charge in [0.05, 0.1) is 11.6 Å². The number of carbonyl (C=O) groups is 2. The molecule has 2 heterocycles. The number of carbonyl (C=O) groups excluding carboxylic acids is 1. The Morgan fingerprint density at radius 1 is 1.29 bits per heavy atom. The predicted octanol–water partition coefficient (Wildman–Crippen LogP) is 2.96. The van der Waals surface area contributed by atoms with Crippen molar-refractivity contribution in [3.63, 3.8) is 0 Å². The van der Waals surface area contributed by atoms with Crippen LogP contribution in [0.3, 0.4) is 0 Å². The lowest BCUT2D eigenvalue weighted by Gasteiger charge is -2.36. The largest absolute Gasteiger partial charge is 0.481 e. The van der Waals surface area contributed by atoms with E-state index in [4.69, 9.17) is 0 Å². The van der Waals surface area contributed by atoms with Crippen molar-refractivity contribution < 1.29 is 14.7 Å². The Hall–Kier alpha value is -2.15. The maximum Gasteiger partial charge on any atom is 0.308 e. The van der Waals surface area contributed by atoms with Gasteiger partial charge in [0.2, 0.25) is 0 Å². The molecule has 7 heteroatoms. The fourth-order valence-electron chi connectivity index (χ4n) is 2.94. The van der Waals surface area contributed by atoms with Gasteiger partial charge in [-0.1, -0.05) is 22.0 Å². The quantitative estimate of drug-likeness (QED) is 0.872. The second-order valence-electron chi connectivity index (χ2n) is 6.04. The smallest absolute Gasteiger partial charge is 0.308 e. The molecule has 1 aromatic carbocycles. The maximum atomic E-state index is 12.7. The van der Waals surface area contributed by atoms with E-state index in [1.807, 2.05) is 31.2 Å². The zero-order valence-corrected chi connectivity index (χ0v) is 14.8. The van der Waals surface area contributed by atoms with E-state index in [9.17, 15) is 14.7 Å². The molecular formula is C17H18BrN3O3. The molecule has 0 spiro atoms. The van der Waals surface area contributed by atoms with Gasteiger partial charge in [-0.3, -0.25) is 9.59 Å². The lowest BCUT2D eigenvalue weighted by Crippen LogP contribution is -2.47. The van der Waals surface area contributed by atoms with Crippen LogP contribution in [0.25, 0.3) is 5.69 Å². The van der Waals surface area contributed by atoms with Crippen LogP contribution in [0.5, 0.6) is 0 Å². The first kappa shape index (κ1) is 16.7. The lowest BCUT2D eigenvalue weighted by atomic mass is 9.93. The normalized spacial score (nSPS) is 20.8. The third-order valence-electron chi connectivity index (χ3n) is 4.37. The number of nitrogens with zero attached hydrogens (tertiary/aromatic N) is 3. The number of carboxylic acids is 1. The molecule has 0 radical (unpaired) electrons. The van der Waals surface area contributed by atoms with Crippen LogP contribution in [0, 0.1) is 5.92 Å². The van der Waals surface area contributed by atoms with Gasteiger partial charge in [-0.25, -0.2) is 4.68 Å². The molecule has 0 aliphatic carbocycles. The monoisotopic (exact) mass is 391 g/mol. The highest BCUT2D eigenvalue weighted by atomic mass is 79.9. The van der Waals surface area contributed by atoms with E-state index in [-0.39, 0.29) is 18.5 Å². The molecule has 1 saturated heterocycles. The van der Waals surface area contributed by atoms with Crippen LogP contribution in [-0.2, 0) is 4.79 Å². The fraction of sp³-hybridized carbons (Fsp3) is 0.353. The van der Waals surface area contributed by atoms with E-state index < -0.39 is 11.9 Å². The van der Waals surface area contributed by atoms with Gasteiger partial charge in [-0.15, -0.1) is 0 Å². The summed E-state index contributed by atoms with van der Waals surface area (Å²) in [6.45, 7) is 2.18. The van der Waals surface area contributed by atoms with E-state index in [0.717, 1.165) is 10.2 Å². The van der Waals surface area contributed by atoms with Gasteiger partial charge in [-0.05, 0) is 44.0 Å². The number of benzene rings is 1. The van der Waals surface area contributed by atoms with E-state index in [0.29, 0.717) is 18.5 Å². The molecule has 2 unspecified atom stereocenters. The van der Waals surface area contributed by atoms with Crippen molar-refractivity contribution in [3.05, 3.63) is 46.7 Å². The first-order valence-electron chi connectivity index (χ1n) is 7.81. The number of halogens is 1. The highest BCUT2D eigenvalue weighted by Gasteiger charge is 2.33.